The molecule has 2 N–H and O–H groups in total. The average molecular weight is 266 g/mol. The second-order valence-corrected chi connectivity index (χ2v) is 3.91. The lowest BCUT2D eigenvalue weighted by Gasteiger charge is -2.14. The fourth-order valence-corrected chi connectivity index (χ4v) is 1.55. The fourth-order valence-electron chi connectivity index (χ4n) is 1.55. The molecule has 6 heteroatoms. The summed E-state index contributed by atoms with van der Waals surface area (Å²) in [5.74, 6) is 4.24. The molecule has 2 amide bonds. The van der Waals surface area contributed by atoms with E-state index < -0.39 is 11.8 Å². The maximum atomic E-state index is 12.0. The topological polar surface area (TPSA) is 100 Å². The first-order chi connectivity index (χ1) is 9.63. The van der Waals surface area contributed by atoms with Crippen molar-refractivity contribution in [3.63, 3.8) is 0 Å². The van der Waals surface area contributed by atoms with Gasteiger partial charge in [0.15, 0.2) is 0 Å². The van der Waals surface area contributed by atoms with Crippen LogP contribution in [-0.2, 0) is 0 Å². The Bertz CT molecular complexity index is 675. The number of aromatic nitrogens is 1. The predicted molar refractivity (Wildman–Crippen MR) is 70.1 cm³/mol. The van der Waals surface area contributed by atoms with Gasteiger partial charge in [-0.3, -0.25) is 14.6 Å². The molecule has 1 aromatic heterocycles. The van der Waals surface area contributed by atoms with Crippen LogP contribution in [0.5, 0.6) is 0 Å². The Morgan fingerprint density at radius 2 is 1.75 bits per heavy atom. The molecule has 0 aliphatic carbocycles. The van der Waals surface area contributed by atoms with Gasteiger partial charge in [0, 0.05) is 18.0 Å². The van der Waals surface area contributed by atoms with Gasteiger partial charge < -0.3 is 0 Å². The van der Waals surface area contributed by atoms with E-state index in [0.29, 0.717) is 10.6 Å². The Morgan fingerprint density at radius 3 is 2.30 bits per heavy atom. The molecule has 0 spiro atoms. The van der Waals surface area contributed by atoms with E-state index >= 15 is 0 Å². The lowest BCUT2D eigenvalue weighted by Crippen LogP contribution is -2.42. The Balaban J connectivity index is 2.20. The van der Waals surface area contributed by atoms with Crippen LogP contribution in [0.15, 0.2) is 48.8 Å². The van der Waals surface area contributed by atoms with Crippen LogP contribution in [0.25, 0.3) is 0 Å². The quantitative estimate of drug-likeness (QED) is 0.380. The van der Waals surface area contributed by atoms with Crippen molar-refractivity contribution in [2.45, 2.75) is 0 Å². The van der Waals surface area contributed by atoms with Crippen molar-refractivity contribution < 1.29 is 9.59 Å². The monoisotopic (exact) mass is 266 g/mol. The number of rotatable bonds is 2. The number of nitriles is 1. The number of imide groups is 1. The molecule has 0 aliphatic heterocycles. The van der Waals surface area contributed by atoms with Gasteiger partial charge in [-0.25, -0.2) is 10.9 Å². The molecule has 0 bridgehead atoms. The minimum Gasteiger partial charge on any atom is -0.267 e. The van der Waals surface area contributed by atoms with Gasteiger partial charge >= 0.3 is 0 Å². The highest BCUT2D eigenvalue weighted by Crippen LogP contribution is 2.08. The van der Waals surface area contributed by atoms with E-state index in [4.69, 9.17) is 11.1 Å². The van der Waals surface area contributed by atoms with Crippen molar-refractivity contribution in [3.8, 4) is 6.07 Å². The van der Waals surface area contributed by atoms with Gasteiger partial charge in [-0.2, -0.15) is 5.26 Å². The molecule has 0 aliphatic rings. The number of amides is 2. The van der Waals surface area contributed by atoms with Crippen molar-refractivity contribution in [1.29, 1.82) is 5.26 Å². The molecule has 20 heavy (non-hydrogen) atoms. The number of carbonyl (C=O) groups excluding carboxylic acids is 2. The third kappa shape index (κ3) is 2.68. The number of hydrogen-bond donors (Lipinski definition) is 1. The van der Waals surface area contributed by atoms with Crippen molar-refractivity contribution in [1.82, 2.24) is 9.99 Å². The lowest BCUT2D eigenvalue weighted by molar-refractivity contribution is 0.0615. The van der Waals surface area contributed by atoms with E-state index in [1.54, 1.807) is 6.07 Å². The Morgan fingerprint density at radius 1 is 1.10 bits per heavy atom. The smallest absolute Gasteiger partial charge is 0.267 e. The molecule has 0 saturated carbocycles. The highest BCUT2D eigenvalue weighted by atomic mass is 16.2. The van der Waals surface area contributed by atoms with Crippen molar-refractivity contribution in [3.05, 3.63) is 65.5 Å². The van der Waals surface area contributed by atoms with Crippen LogP contribution in [0.2, 0.25) is 0 Å². The van der Waals surface area contributed by atoms with Crippen molar-refractivity contribution >= 4 is 11.8 Å². The molecule has 1 heterocycles. The zero-order valence-electron chi connectivity index (χ0n) is 10.4. The molecule has 0 unspecified atom stereocenters. The van der Waals surface area contributed by atoms with Crippen molar-refractivity contribution in [2.24, 2.45) is 5.84 Å². The largest absolute Gasteiger partial charge is 0.276 e. The molecule has 0 saturated heterocycles. The maximum Gasteiger partial charge on any atom is 0.276 e. The lowest BCUT2D eigenvalue weighted by atomic mass is 10.1. The zero-order valence-corrected chi connectivity index (χ0v) is 10.4. The standard InChI is InChI=1S/C14H10N4O2/c15-8-10-3-5-11(6-4-10)13(19)18(16)14(20)12-2-1-7-17-9-12/h1-7,9H,16H2. The summed E-state index contributed by atoms with van der Waals surface area (Å²) >= 11 is 0. The second-order valence-electron chi connectivity index (χ2n) is 3.91. The molecular weight excluding hydrogens is 256 g/mol. The van der Waals surface area contributed by atoms with E-state index in [9.17, 15) is 9.59 Å². The minimum absolute atomic E-state index is 0.219. The number of benzene rings is 1. The van der Waals surface area contributed by atoms with Gasteiger partial charge in [-0.05, 0) is 36.4 Å². The first-order valence-corrected chi connectivity index (χ1v) is 5.67. The molecule has 98 valence electrons. The molecule has 0 fully saturated rings. The van der Waals surface area contributed by atoms with Gasteiger partial charge in [0.2, 0.25) is 0 Å². The molecule has 1 aromatic carbocycles. The van der Waals surface area contributed by atoms with Crippen LogP contribution in [0.4, 0.5) is 0 Å². The molecule has 0 atom stereocenters. The highest BCUT2D eigenvalue weighted by molar-refractivity contribution is 6.09. The van der Waals surface area contributed by atoms with E-state index in [1.807, 2.05) is 6.07 Å². The van der Waals surface area contributed by atoms with E-state index in [-0.39, 0.29) is 11.1 Å². The zero-order chi connectivity index (χ0) is 14.5. The predicted octanol–water partition coefficient (Wildman–Crippen LogP) is 1.11. The molecule has 0 radical (unpaired) electrons. The normalized spacial score (nSPS) is 9.60. The van der Waals surface area contributed by atoms with E-state index in [0.717, 1.165) is 0 Å². The number of nitrogens with zero attached hydrogens (tertiary/aromatic N) is 3. The SMILES string of the molecule is N#Cc1ccc(C(=O)N(N)C(=O)c2cccnc2)cc1. The Kier molecular flexibility index (Phi) is 3.84. The first-order valence-electron chi connectivity index (χ1n) is 5.67. The average Bonchev–Trinajstić information content (AvgIpc) is 2.53. The third-order valence-electron chi connectivity index (χ3n) is 2.61. The summed E-state index contributed by atoms with van der Waals surface area (Å²) in [6.07, 6.45) is 2.84. The van der Waals surface area contributed by atoms with Crippen LogP contribution >= 0.6 is 0 Å². The van der Waals surface area contributed by atoms with Crippen LogP contribution in [-0.4, -0.2) is 21.8 Å². The number of pyridine rings is 1. The molecule has 2 rings (SSSR count). The fraction of sp³-hybridized carbons (Fsp3) is 0. The van der Waals surface area contributed by atoms with Crippen LogP contribution in [0.1, 0.15) is 26.3 Å². The summed E-state index contributed by atoms with van der Waals surface area (Å²) in [7, 11) is 0. The summed E-state index contributed by atoms with van der Waals surface area (Å²) in [5.41, 5.74) is 0.865. The van der Waals surface area contributed by atoms with Crippen LogP contribution in [0.3, 0.4) is 0 Å². The summed E-state index contributed by atoms with van der Waals surface area (Å²) in [4.78, 5) is 27.8. The van der Waals surface area contributed by atoms with Crippen LogP contribution in [0, 0.1) is 11.3 Å². The first kappa shape index (κ1) is 13.4. The van der Waals surface area contributed by atoms with Gasteiger partial charge in [-0.15, -0.1) is 0 Å². The van der Waals surface area contributed by atoms with E-state index in [1.165, 1.54) is 42.7 Å². The van der Waals surface area contributed by atoms with Gasteiger partial charge in [0.1, 0.15) is 0 Å². The highest BCUT2D eigenvalue weighted by Gasteiger charge is 2.20. The van der Waals surface area contributed by atoms with Crippen molar-refractivity contribution in [2.75, 3.05) is 0 Å². The summed E-state index contributed by atoms with van der Waals surface area (Å²) < 4.78 is 0. The molecular formula is C14H10N4O2. The van der Waals surface area contributed by atoms with Gasteiger partial charge in [0.25, 0.3) is 11.8 Å². The number of carbonyl (C=O) groups is 2. The molecule has 2 aromatic rings. The number of nitrogens with two attached hydrogens (primary N) is 1. The number of hydrazine groups is 1. The Hall–Kier alpha value is -3.04. The van der Waals surface area contributed by atoms with E-state index in [2.05, 4.69) is 4.98 Å². The maximum absolute atomic E-state index is 12.0. The third-order valence-corrected chi connectivity index (χ3v) is 2.61. The molecule has 6 nitrogen and oxygen atoms in total. The minimum atomic E-state index is -0.650. The van der Waals surface area contributed by atoms with Gasteiger partial charge in [-0.1, -0.05) is 0 Å². The second kappa shape index (κ2) is 5.73. The van der Waals surface area contributed by atoms with Gasteiger partial charge in [0.05, 0.1) is 17.2 Å². The number of hydrogen-bond acceptors (Lipinski definition) is 5. The summed E-state index contributed by atoms with van der Waals surface area (Å²) in [6.45, 7) is 0. The Labute approximate surface area is 115 Å². The summed E-state index contributed by atoms with van der Waals surface area (Å²) in [5, 5.41) is 9.21. The van der Waals surface area contributed by atoms with Crippen LogP contribution < -0.4 is 5.84 Å². The summed E-state index contributed by atoms with van der Waals surface area (Å²) in [6, 6.07) is 10.9.